The van der Waals surface area contributed by atoms with Gasteiger partial charge in [-0.15, -0.1) is 0 Å². The van der Waals surface area contributed by atoms with Crippen LogP contribution in [-0.4, -0.2) is 48.8 Å². The average Bonchev–Trinajstić information content (AvgIpc) is 3.19. The highest BCUT2D eigenvalue weighted by Gasteiger charge is 2.69. The van der Waals surface area contributed by atoms with E-state index in [1.54, 1.807) is 0 Å². The van der Waals surface area contributed by atoms with Gasteiger partial charge in [0.2, 0.25) is 4.75 Å². The summed E-state index contributed by atoms with van der Waals surface area (Å²) < 4.78 is 33.1. The molecule has 2 fully saturated rings. The maximum absolute atomic E-state index is 12.8. The lowest BCUT2D eigenvalue weighted by Crippen LogP contribution is -2.64. The summed E-state index contributed by atoms with van der Waals surface area (Å²) in [7, 11) is -3.86. The lowest BCUT2D eigenvalue weighted by molar-refractivity contribution is -0.152. The Kier molecular flexibility index (Phi) is 3.74. The van der Waals surface area contributed by atoms with E-state index in [0.717, 1.165) is 5.56 Å². The van der Waals surface area contributed by atoms with Gasteiger partial charge >= 0.3 is 5.97 Å². The van der Waals surface area contributed by atoms with Crippen molar-refractivity contribution in [2.24, 2.45) is 0 Å². The van der Waals surface area contributed by atoms with Gasteiger partial charge in [-0.1, -0.05) is 30.3 Å². The molecule has 1 saturated heterocycles. The Bertz CT molecular complexity index is 659. The van der Waals surface area contributed by atoms with Gasteiger partial charge in [0.25, 0.3) is 0 Å². The first kappa shape index (κ1) is 15.5. The predicted molar refractivity (Wildman–Crippen MR) is 78.2 cm³/mol. The van der Waals surface area contributed by atoms with Crippen molar-refractivity contribution in [1.82, 2.24) is 0 Å². The highest BCUT2D eigenvalue weighted by atomic mass is 32.2. The summed E-state index contributed by atoms with van der Waals surface area (Å²) in [6.45, 7) is -0.204. The molecule has 1 N–H and O–H groups in total. The number of hydrogen-bond donors (Lipinski definition) is 1. The third-order valence-corrected chi connectivity index (χ3v) is 7.53. The van der Waals surface area contributed by atoms with E-state index in [-0.39, 0.29) is 19.8 Å². The molecule has 3 rings (SSSR count). The predicted octanol–water partition coefficient (Wildman–Crippen LogP) is 1.00. The van der Waals surface area contributed by atoms with E-state index in [1.807, 2.05) is 30.3 Å². The first-order chi connectivity index (χ1) is 10.4. The van der Waals surface area contributed by atoms with Crippen LogP contribution in [0.15, 0.2) is 30.3 Å². The molecule has 0 radical (unpaired) electrons. The van der Waals surface area contributed by atoms with Crippen LogP contribution in [0.25, 0.3) is 0 Å². The van der Waals surface area contributed by atoms with Crippen LogP contribution < -0.4 is 0 Å². The largest absolute Gasteiger partial charge is 0.480 e. The summed E-state index contributed by atoms with van der Waals surface area (Å²) in [6, 6.07) is 9.45. The van der Waals surface area contributed by atoms with Crippen LogP contribution in [0, 0.1) is 0 Å². The van der Waals surface area contributed by atoms with Gasteiger partial charge in [-0.05, 0) is 18.4 Å². The van der Waals surface area contributed by atoms with Gasteiger partial charge < -0.3 is 14.6 Å². The van der Waals surface area contributed by atoms with E-state index in [4.69, 9.17) is 9.47 Å². The molecule has 0 atom stereocenters. The summed E-state index contributed by atoms with van der Waals surface area (Å²) >= 11 is 0. The third-order valence-electron chi connectivity index (χ3n) is 4.43. The number of benzene rings is 1. The standard InChI is InChI=1S/C15H18O6S/c16-13(17)15(10-21-11-15)22(18,19)14(6-7-14)9-20-8-12-4-2-1-3-5-12/h1-5H,6-11H2,(H,16,17). The van der Waals surface area contributed by atoms with Crippen LogP contribution in [0.1, 0.15) is 18.4 Å². The minimum Gasteiger partial charge on any atom is -0.480 e. The van der Waals surface area contributed by atoms with Crippen molar-refractivity contribution >= 4 is 15.8 Å². The van der Waals surface area contributed by atoms with Gasteiger partial charge in [0.15, 0.2) is 9.84 Å². The van der Waals surface area contributed by atoms with Crippen LogP contribution in [0.5, 0.6) is 0 Å². The second-order valence-corrected chi connectivity index (χ2v) is 8.61. The zero-order chi connectivity index (χ0) is 15.8. The molecule has 0 unspecified atom stereocenters. The Labute approximate surface area is 129 Å². The quantitative estimate of drug-likeness (QED) is 0.804. The SMILES string of the molecule is O=C(O)C1(S(=O)(=O)C2(COCc3ccccc3)CC2)COC1. The second kappa shape index (κ2) is 5.33. The molecule has 22 heavy (non-hydrogen) atoms. The monoisotopic (exact) mass is 326 g/mol. The van der Waals surface area contributed by atoms with Crippen LogP contribution in [0.2, 0.25) is 0 Å². The number of carboxylic acid groups (broad SMARTS) is 1. The minimum atomic E-state index is -3.86. The first-order valence-corrected chi connectivity index (χ1v) is 8.59. The molecule has 7 heteroatoms. The van der Waals surface area contributed by atoms with Gasteiger partial charge in [-0.2, -0.15) is 0 Å². The van der Waals surface area contributed by atoms with Crippen molar-refractivity contribution in [1.29, 1.82) is 0 Å². The molecule has 0 bridgehead atoms. The number of carboxylic acids is 1. The third kappa shape index (κ3) is 2.24. The minimum absolute atomic E-state index is 0.0270. The van der Waals surface area contributed by atoms with Gasteiger partial charge in [0, 0.05) is 0 Å². The van der Waals surface area contributed by atoms with E-state index >= 15 is 0 Å². The molecule has 1 aliphatic carbocycles. The van der Waals surface area contributed by atoms with Gasteiger partial charge in [-0.25, -0.2) is 8.42 Å². The summed E-state index contributed by atoms with van der Waals surface area (Å²) in [5.41, 5.74) is 0.954. The zero-order valence-electron chi connectivity index (χ0n) is 12.0. The highest BCUT2D eigenvalue weighted by Crippen LogP contribution is 2.50. The van der Waals surface area contributed by atoms with Crippen LogP contribution in [0.4, 0.5) is 0 Å². The summed E-state index contributed by atoms with van der Waals surface area (Å²) in [5, 5.41) is 9.31. The fraction of sp³-hybridized carbons (Fsp3) is 0.533. The van der Waals surface area contributed by atoms with Crippen molar-refractivity contribution in [2.75, 3.05) is 19.8 Å². The number of aliphatic carboxylic acids is 1. The fourth-order valence-corrected chi connectivity index (χ4v) is 5.07. The molecule has 1 aromatic carbocycles. The number of carbonyl (C=O) groups is 1. The first-order valence-electron chi connectivity index (χ1n) is 7.11. The van der Waals surface area contributed by atoms with Crippen molar-refractivity contribution in [3.05, 3.63) is 35.9 Å². The number of sulfone groups is 1. The average molecular weight is 326 g/mol. The van der Waals surface area contributed by atoms with Crippen molar-refractivity contribution < 1.29 is 27.8 Å². The molecule has 0 aromatic heterocycles. The molecule has 0 amide bonds. The summed E-state index contributed by atoms with van der Waals surface area (Å²) in [5.74, 6) is -1.33. The van der Waals surface area contributed by atoms with Crippen molar-refractivity contribution in [3.8, 4) is 0 Å². The number of hydrogen-bond acceptors (Lipinski definition) is 5. The van der Waals surface area contributed by atoms with E-state index in [0.29, 0.717) is 19.4 Å². The van der Waals surface area contributed by atoms with Crippen LogP contribution in [-0.2, 0) is 30.7 Å². The molecule has 1 saturated carbocycles. The Morgan fingerprint density at radius 3 is 2.32 bits per heavy atom. The fourth-order valence-electron chi connectivity index (χ4n) is 2.65. The Balaban J connectivity index is 1.69. The van der Waals surface area contributed by atoms with Gasteiger partial charge in [0.1, 0.15) is 0 Å². The molecule has 1 aliphatic heterocycles. The lowest BCUT2D eigenvalue weighted by atomic mass is 10.1. The molecule has 1 aromatic rings. The molecule has 120 valence electrons. The van der Waals surface area contributed by atoms with Crippen molar-refractivity contribution in [3.63, 3.8) is 0 Å². The molecule has 6 nitrogen and oxygen atoms in total. The van der Waals surface area contributed by atoms with Gasteiger partial charge in [0.05, 0.1) is 31.2 Å². The second-order valence-electron chi connectivity index (χ2n) is 5.96. The lowest BCUT2D eigenvalue weighted by Gasteiger charge is -2.39. The molecule has 1 heterocycles. The van der Waals surface area contributed by atoms with Crippen LogP contribution >= 0.6 is 0 Å². The van der Waals surface area contributed by atoms with E-state index in [1.165, 1.54) is 0 Å². The Morgan fingerprint density at radius 2 is 1.86 bits per heavy atom. The number of ether oxygens (including phenoxy) is 2. The molecule has 2 aliphatic rings. The Hall–Kier alpha value is -1.44. The van der Waals surface area contributed by atoms with E-state index in [2.05, 4.69) is 0 Å². The topological polar surface area (TPSA) is 89.9 Å². The maximum Gasteiger partial charge on any atom is 0.329 e. The van der Waals surface area contributed by atoms with Crippen molar-refractivity contribution in [2.45, 2.75) is 28.9 Å². The smallest absolute Gasteiger partial charge is 0.329 e. The van der Waals surface area contributed by atoms with E-state index < -0.39 is 25.3 Å². The normalized spacial score (nSPS) is 21.8. The maximum atomic E-state index is 12.8. The summed E-state index contributed by atoms with van der Waals surface area (Å²) in [6.07, 6.45) is 0.887. The van der Waals surface area contributed by atoms with Gasteiger partial charge in [-0.3, -0.25) is 4.79 Å². The summed E-state index contributed by atoms with van der Waals surface area (Å²) in [4.78, 5) is 11.4. The molecular weight excluding hydrogens is 308 g/mol. The molecular formula is C15H18O6S. The Morgan fingerprint density at radius 1 is 1.23 bits per heavy atom. The van der Waals surface area contributed by atoms with E-state index in [9.17, 15) is 18.3 Å². The van der Waals surface area contributed by atoms with Crippen LogP contribution in [0.3, 0.4) is 0 Å². The zero-order valence-corrected chi connectivity index (χ0v) is 12.8. The molecule has 0 spiro atoms. The number of rotatable bonds is 7. The highest BCUT2D eigenvalue weighted by molar-refractivity contribution is 7.95.